The molecule has 38 heavy (non-hydrogen) atoms. The maximum Gasteiger partial charge on any atom is 0.410 e. The molecule has 2 aliphatic rings. The lowest BCUT2D eigenvalue weighted by atomic mass is 9.97. The number of piperidine rings is 1. The fraction of sp³-hybridized carbons (Fsp3) is 0.643. The average Bonchev–Trinajstić information content (AvgIpc) is 2.84. The predicted octanol–water partition coefficient (Wildman–Crippen LogP) is 3.36. The van der Waals surface area contributed by atoms with Crippen molar-refractivity contribution in [1.29, 1.82) is 0 Å². The van der Waals surface area contributed by atoms with Gasteiger partial charge in [-0.1, -0.05) is 6.92 Å². The molecule has 0 aromatic heterocycles. The van der Waals surface area contributed by atoms with Crippen LogP contribution in [0.1, 0.15) is 77.2 Å². The van der Waals surface area contributed by atoms with Crippen molar-refractivity contribution in [2.45, 2.75) is 91.5 Å². The van der Waals surface area contributed by atoms with E-state index in [0.717, 1.165) is 18.4 Å². The number of hydrogen-bond donors (Lipinski definition) is 1. The second-order valence-corrected chi connectivity index (χ2v) is 11.2. The minimum Gasteiger partial charge on any atom is -0.479 e. The second-order valence-electron chi connectivity index (χ2n) is 11.2. The Morgan fingerprint density at radius 1 is 1.29 bits per heavy atom. The lowest BCUT2D eigenvalue weighted by Crippen LogP contribution is -2.54. The number of nitrogens with one attached hydrogen (secondary N) is 1. The van der Waals surface area contributed by atoms with E-state index in [1.54, 1.807) is 22.8 Å². The summed E-state index contributed by atoms with van der Waals surface area (Å²) in [4.78, 5) is 55.8. The van der Waals surface area contributed by atoms with Crippen LogP contribution in [0.2, 0.25) is 0 Å². The largest absolute Gasteiger partial charge is 0.479 e. The molecule has 0 bridgehead atoms. The molecule has 2 atom stereocenters. The molecule has 0 radical (unpaired) electrons. The van der Waals surface area contributed by atoms with E-state index in [9.17, 15) is 19.2 Å². The zero-order chi connectivity index (χ0) is 28.2. The zero-order valence-electron chi connectivity index (χ0n) is 23.7. The fourth-order valence-corrected chi connectivity index (χ4v) is 5.09. The van der Waals surface area contributed by atoms with Gasteiger partial charge in [-0.2, -0.15) is 0 Å². The van der Waals surface area contributed by atoms with Crippen LogP contribution in [0.4, 0.5) is 10.5 Å². The number of likely N-dealkylation sites (tertiary alicyclic amines) is 1. The Morgan fingerprint density at radius 3 is 2.61 bits per heavy atom. The van der Waals surface area contributed by atoms with Gasteiger partial charge in [0.25, 0.3) is 11.8 Å². The molecule has 0 saturated carbocycles. The summed E-state index contributed by atoms with van der Waals surface area (Å²) in [5, 5.41) is 2.59. The molecule has 1 N–H and O–H groups in total. The van der Waals surface area contributed by atoms with Crippen molar-refractivity contribution >= 4 is 30.0 Å². The van der Waals surface area contributed by atoms with E-state index in [2.05, 4.69) is 5.32 Å². The summed E-state index contributed by atoms with van der Waals surface area (Å²) in [5.74, 6) is 0.169. The molecule has 1 aromatic rings. The van der Waals surface area contributed by atoms with Gasteiger partial charge >= 0.3 is 6.09 Å². The first-order valence-corrected chi connectivity index (χ1v) is 13.5. The Labute approximate surface area is 225 Å². The zero-order valence-corrected chi connectivity index (χ0v) is 23.7. The third kappa shape index (κ3) is 6.57. The van der Waals surface area contributed by atoms with Crippen molar-refractivity contribution in [2.75, 3.05) is 31.1 Å². The molecule has 2 aliphatic heterocycles. The number of benzene rings is 1. The summed E-state index contributed by atoms with van der Waals surface area (Å²) in [6.45, 7) is 14.7. The summed E-state index contributed by atoms with van der Waals surface area (Å²) in [7, 11) is 0. The van der Waals surface area contributed by atoms with Gasteiger partial charge in [-0.05, 0) is 78.5 Å². The van der Waals surface area contributed by atoms with Gasteiger partial charge in [0, 0.05) is 37.8 Å². The summed E-state index contributed by atoms with van der Waals surface area (Å²) >= 11 is 0. The molecule has 2 heterocycles. The highest BCUT2D eigenvalue weighted by Crippen LogP contribution is 2.38. The van der Waals surface area contributed by atoms with Crippen LogP contribution in [-0.2, 0) is 20.7 Å². The fourth-order valence-electron chi connectivity index (χ4n) is 5.09. The Morgan fingerprint density at radius 2 is 2.00 bits per heavy atom. The normalized spacial score (nSPS) is 19.5. The van der Waals surface area contributed by atoms with E-state index in [1.807, 2.05) is 52.5 Å². The monoisotopic (exact) mass is 530 g/mol. The highest BCUT2D eigenvalue weighted by molar-refractivity contribution is 6.03. The lowest BCUT2D eigenvalue weighted by molar-refractivity contribution is -0.125. The number of rotatable bonds is 8. The predicted molar refractivity (Wildman–Crippen MR) is 144 cm³/mol. The number of hydrogen-bond acceptors (Lipinski definition) is 6. The van der Waals surface area contributed by atoms with Crippen LogP contribution >= 0.6 is 0 Å². The number of carbonyl (C=O) groups excluding carboxylic acids is 4. The number of anilines is 1. The maximum atomic E-state index is 14.2. The highest BCUT2D eigenvalue weighted by atomic mass is 16.6. The van der Waals surface area contributed by atoms with Crippen molar-refractivity contribution in [3.63, 3.8) is 0 Å². The third-order valence-electron chi connectivity index (χ3n) is 6.80. The standard InChI is InChI=1S/C28H42N4O6/c1-8-20-14-24-23(31(13-11-29-17-33)25(34)19(4)37-24)15-22(20)26(35)32(18(2)3)21-10-9-12-30(16-21)27(36)38-28(5,6)7/h14-15,17-19,21H,8-13,16H2,1-7H3,(H,29,33)/t19-,21-/m1/s1. The van der Waals surface area contributed by atoms with Crippen LogP contribution < -0.4 is 15.0 Å². The number of nitrogens with zero attached hydrogens (tertiary/aromatic N) is 3. The molecule has 4 amide bonds. The van der Waals surface area contributed by atoms with Crippen molar-refractivity contribution in [1.82, 2.24) is 15.1 Å². The molecular weight excluding hydrogens is 488 g/mol. The molecule has 3 rings (SSSR count). The van der Waals surface area contributed by atoms with Gasteiger partial charge in [-0.15, -0.1) is 0 Å². The molecule has 0 unspecified atom stereocenters. The number of amides is 4. The number of fused-ring (bicyclic) bond motifs is 1. The van der Waals surface area contributed by atoms with Crippen LogP contribution in [0, 0.1) is 0 Å². The van der Waals surface area contributed by atoms with Gasteiger partial charge in [0.2, 0.25) is 6.41 Å². The minimum atomic E-state index is -0.668. The van der Waals surface area contributed by atoms with Crippen molar-refractivity contribution < 1.29 is 28.7 Å². The van der Waals surface area contributed by atoms with Crippen LogP contribution in [0.3, 0.4) is 0 Å². The van der Waals surface area contributed by atoms with Crippen LogP contribution in [0.5, 0.6) is 5.75 Å². The summed E-state index contributed by atoms with van der Waals surface area (Å²) in [6.07, 6.45) is 1.70. The minimum absolute atomic E-state index is 0.113. The average molecular weight is 531 g/mol. The van der Waals surface area contributed by atoms with E-state index in [1.165, 1.54) is 0 Å². The van der Waals surface area contributed by atoms with Gasteiger partial charge in [-0.25, -0.2) is 4.79 Å². The molecule has 0 spiro atoms. The molecule has 210 valence electrons. The highest BCUT2D eigenvalue weighted by Gasteiger charge is 2.37. The quantitative estimate of drug-likeness (QED) is 0.408. The SMILES string of the molecule is CCc1cc2c(cc1C(=O)N(C(C)C)[C@@H]1CCCN(C(=O)OC(C)(C)C)C1)N(CCNC=O)C(=O)[C@@H](C)O2. The maximum absolute atomic E-state index is 14.2. The van der Waals surface area contributed by atoms with E-state index >= 15 is 0 Å². The van der Waals surface area contributed by atoms with Gasteiger partial charge in [0.05, 0.1) is 11.7 Å². The molecular formula is C28H42N4O6. The smallest absolute Gasteiger partial charge is 0.410 e. The van der Waals surface area contributed by atoms with Crippen molar-refractivity contribution in [3.05, 3.63) is 23.3 Å². The first-order chi connectivity index (χ1) is 17.9. The Balaban J connectivity index is 1.95. The van der Waals surface area contributed by atoms with Crippen LogP contribution in [0.15, 0.2) is 12.1 Å². The summed E-state index contributed by atoms with van der Waals surface area (Å²) in [5.41, 5.74) is 1.25. The van der Waals surface area contributed by atoms with Crippen molar-refractivity contribution in [2.24, 2.45) is 0 Å². The van der Waals surface area contributed by atoms with Gasteiger partial charge in [-0.3, -0.25) is 14.4 Å². The van der Waals surface area contributed by atoms with Crippen LogP contribution in [0.25, 0.3) is 0 Å². The Hall–Kier alpha value is -3.30. The summed E-state index contributed by atoms with van der Waals surface area (Å²) < 4.78 is 11.5. The van der Waals surface area contributed by atoms with Gasteiger partial charge in [0.15, 0.2) is 6.10 Å². The topological polar surface area (TPSA) is 108 Å². The van der Waals surface area contributed by atoms with Crippen molar-refractivity contribution in [3.8, 4) is 5.75 Å². The molecule has 10 heteroatoms. The molecule has 1 aromatic carbocycles. The molecule has 0 aliphatic carbocycles. The molecule has 1 fully saturated rings. The first-order valence-electron chi connectivity index (χ1n) is 13.5. The lowest BCUT2D eigenvalue weighted by Gasteiger charge is -2.42. The van der Waals surface area contributed by atoms with Crippen LogP contribution in [-0.4, -0.2) is 84.1 Å². The third-order valence-corrected chi connectivity index (χ3v) is 6.80. The number of ether oxygens (including phenoxy) is 2. The van der Waals surface area contributed by atoms with Gasteiger partial charge < -0.3 is 29.5 Å². The van der Waals surface area contributed by atoms with E-state index < -0.39 is 11.7 Å². The van der Waals surface area contributed by atoms with E-state index in [0.29, 0.717) is 42.9 Å². The second kappa shape index (κ2) is 12.0. The number of carbonyl (C=O) groups is 4. The first kappa shape index (κ1) is 29.3. The Kier molecular flexibility index (Phi) is 9.27. The summed E-state index contributed by atoms with van der Waals surface area (Å²) in [6, 6.07) is 3.30. The van der Waals surface area contributed by atoms with E-state index in [4.69, 9.17) is 9.47 Å². The molecule has 10 nitrogen and oxygen atoms in total. The van der Waals surface area contributed by atoms with E-state index in [-0.39, 0.29) is 43.1 Å². The number of aryl methyl sites for hydroxylation is 1. The van der Waals surface area contributed by atoms with Gasteiger partial charge in [0.1, 0.15) is 11.4 Å². The molecule has 1 saturated heterocycles. The Bertz CT molecular complexity index is 1050.